The Morgan fingerprint density at radius 1 is 0.968 bits per heavy atom. The maximum atomic E-state index is 13.2. The van der Waals surface area contributed by atoms with E-state index in [9.17, 15) is 13.2 Å². The van der Waals surface area contributed by atoms with Gasteiger partial charge in [0, 0.05) is 10.0 Å². The van der Waals surface area contributed by atoms with E-state index in [2.05, 4.69) is 26.5 Å². The van der Waals surface area contributed by atoms with Crippen molar-refractivity contribution in [3.8, 4) is 0 Å². The molecule has 0 aliphatic heterocycles. The normalized spacial score (nSPS) is 11.5. The molecule has 6 nitrogen and oxygen atoms in total. The number of carbonyl (C=O) groups is 1. The van der Waals surface area contributed by atoms with Crippen LogP contribution in [-0.2, 0) is 14.8 Å². The van der Waals surface area contributed by atoms with Crippen molar-refractivity contribution in [1.29, 1.82) is 0 Å². The van der Waals surface area contributed by atoms with Gasteiger partial charge in [-0.1, -0.05) is 63.4 Å². The van der Waals surface area contributed by atoms with Gasteiger partial charge < -0.3 is 0 Å². The van der Waals surface area contributed by atoms with E-state index < -0.39 is 22.5 Å². The number of hydrogen-bond acceptors (Lipinski definition) is 4. The second-order valence-corrected chi connectivity index (χ2v) is 9.82. The van der Waals surface area contributed by atoms with E-state index in [1.807, 2.05) is 0 Å². The van der Waals surface area contributed by atoms with Crippen LogP contribution in [0.1, 0.15) is 5.56 Å². The third-order valence-electron chi connectivity index (χ3n) is 4.12. The second-order valence-electron chi connectivity index (χ2n) is 6.23. The SMILES string of the molecule is O=C(CN(c1ccc(Br)cc1)S(=O)(=O)c1ccccc1)N/N=C/c1c(Cl)cccc1Cl. The zero-order chi connectivity index (χ0) is 22.4. The van der Waals surface area contributed by atoms with Crippen LogP contribution in [0.3, 0.4) is 0 Å². The molecule has 0 aliphatic rings. The van der Waals surface area contributed by atoms with Crippen molar-refractivity contribution in [2.24, 2.45) is 5.10 Å². The maximum Gasteiger partial charge on any atom is 0.264 e. The fraction of sp³-hybridized carbons (Fsp3) is 0.0476. The second kappa shape index (κ2) is 10.3. The predicted molar refractivity (Wildman–Crippen MR) is 127 cm³/mol. The van der Waals surface area contributed by atoms with Gasteiger partial charge in [0.1, 0.15) is 6.54 Å². The summed E-state index contributed by atoms with van der Waals surface area (Å²) in [5.74, 6) is -0.637. The quantitative estimate of drug-likeness (QED) is 0.334. The van der Waals surface area contributed by atoms with Crippen molar-refractivity contribution in [2.75, 3.05) is 10.8 Å². The molecule has 0 fully saturated rings. The smallest absolute Gasteiger partial charge is 0.264 e. The summed E-state index contributed by atoms with van der Waals surface area (Å²) in [5, 5.41) is 4.59. The number of amides is 1. The van der Waals surface area contributed by atoms with E-state index in [4.69, 9.17) is 23.2 Å². The minimum atomic E-state index is -3.99. The highest BCUT2D eigenvalue weighted by Crippen LogP contribution is 2.25. The number of nitrogens with zero attached hydrogens (tertiary/aromatic N) is 2. The molecule has 0 aliphatic carbocycles. The first-order valence-corrected chi connectivity index (χ1v) is 11.9. The Morgan fingerprint density at radius 3 is 2.19 bits per heavy atom. The summed E-state index contributed by atoms with van der Waals surface area (Å²) < 4.78 is 28.2. The third kappa shape index (κ3) is 5.86. The molecule has 0 saturated carbocycles. The van der Waals surface area contributed by atoms with Gasteiger partial charge in [-0.2, -0.15) is 5.10 Å². The number of halogens is 3. The Balaban J connectivity index is 1.84. The minimum Gasteiger partial charge on any atom is -0.271 e. The number of rotatable bonds is 7. The van der Waals surface area contributed by atoms with Crippen molar-refractivity contribution in [2.45, 2.75) is 4.90 Å². The Hall–Kier alpha value is -2.39. The van der Waals surface area contributed by atoms with Gasteiger partial charge in [-0.25, -0.2) is 13.8 Å². The summed E-state index contributed by atoms with van der Waals surface area (Å²) >= 11 is 15.5. The van der Waals surface area contributed by atoms with Crippen LogP contribution in [0.4, 0.5) is 5.69 Å². The molecule has 0 heterocycles. The highest BCUT2D eigenvalue weighted by molar-refractivity contribution is 9.10. The van der Waals surface area contributed by atoms with Crippen LogP contribution in [0.2, 0.25) is 10.0 Å². The number of anilines is 1. The topological polar surface area (TPSA) is 78.8 Å². The summed E-state index contributed by atoms with van der Waals surface area (Å²) in [7, 11) is -3.99. The van der Waals surface area contributed by atoms with E-state index in [0.717, 1.165) is 8.78 Å². The van der Waals surface area contributed by atoms with E-state index in [0.29, 0.717) is 21.3 Å². The molecule has 0 atom stereocenters. The van der Waals surface area contributed by atoms with Crippen molar-refractivity contribution in [3.63, 3.8) is 0 Å². The van der Waals surface area contributed by atoms with Crippen LogP contribution in [0.15, 0.2) is 87.3 Å². The van der Waals surface area contributed by atoms with Crippen LogP contribution in [-0.4, -0.2) is 27.1 Å². The molecule has 3 rings (SSSR count). The molecule has 0 aromatic heterocycles. The van der Waals surface area contributed by atoms with Crippen molar-refractivity contribution >= 4 is 67.0 Å². The summed E-state index contributed by atoms with van der Waals surface area (Å²) in [6, 6.07) is 19.4. The maximum absolute atomic E-state index is 13.2. The highest BCUT2D eigenvalue weighted by Gasteiger charge is 2.27. The molecule has 10 heteroatoms. The molecular weight excluding hydrogens is 525 g/mol. The monoisotopic (exact) mass is 539 g/mol. The number of hydrogen-bond donors (Lipinski definition) is 1. The third-order valence-corrected chi connectivity index (χ3v) is 7.09. The summed E-state index contributed by atoms with van der Waals surface area (Å²) in [5.41, 5.74) is 3.09. The van der Waals surface area contributed by atoms with Crippen LogP contribution < -0.4 is 9.73 Å². The number of hydrazone groups is 1. The van der Waals surface area contributed by atoms with E-state index in [1.54, 1.807) is 60.7 Å². The van der Waals surface area contributed by atoms with Crippen molar-refractivity contribution in [3.05, 3.63) is 92.9 Å². The molecule has 3 aromatic carbocycles. The standard InChI is InChI=1S/C21H16BrCl2N3O3S/c22-15-9-11-16(12-10-15)27(31(29,30)17-5-2-1-3-6-17)14-21(28)26-25-13-18-19(23)7-4-8-20(18)24/h1-13H,14H2,(H,26,28)/b25-13+. The molecule has 31 heavy (non-hydrogen) atoms. The zero-order valence-electron chi connectivity index (χ0n) is 15.9. The van der Waals surface area contributed by atoms with Gasteiger partial charge in [0.2, 0.25) is 0 Å². The number of benzene rings is 3. The molecule has 0 saturated heterocycles. The van der Waals surface area contributed by atoms with E-state index in [-0.39, 0.29) is 4.90 Å². The van der Waals surface area contributed by atoms with Crippen LogP contribution in [0, 0.1) is 0 Å². The van der Waals surface area contributed by atoms with Gasteiger partial charge in [0.15, 0.2) is 0 Å². The van der Waals surface area contributed by atoms with Crippen LogP contribution in [0.5, 0.6) is 0 Å². The first-order chi connectivity index (χ1) is 14.8. The molecular formula is C21H16BrCl2N3O3S. The lowest BCUT2D eigenvalue weighted by Crippen LogP contribution is -2.39. The molecule has 0 spiro atoms. The Labute approximate surface area is 198 Å². The molecule has 0 bridgehead atoms. The lowest BCUT2D eigenvalue weighted by molar-refractivity contribution is -0.119. The summed E-state index contributed by atoms with van der Waals surface area (Å²) in [6.45, 7) is -0.480. The Kier molecular flexibility index (Phi) is 7.72. The molecule has 1 N–H and O–H groups in total. The molecule has 3 aromatic rings. The van der Waals surface area contributed by atoms with Crippen LogP contribution in [0.25, 0.3) is 0 Å². The highest BCUT2D eigenvalue weighted by atomic mass is 79.9. The average Bonchev–Trinajstić information content (AvgIpc) is 2.75. The average molecular weight is 541 g/mol. The molecule has 0 radical (unpaired) electrons. The zero-order valence-corrected chi connectivity index (χ0v) is 19.8. The van der Waals surface area contributed by atoms with E-state index >= 15 is 0 Å². The Bertz CT molecular complexity index is 1180. The minimum absolute atomic E-state index is 0.0667. The first kappa shape index (κ1) is 23.3. The fourth-order valence-electron chi connectivity index (χ4n) is 2.61. The molecule has 0 unspecified atom stereocenters. The van der Waals surface area contributed by atoms with Gasteiger partial charge in [0.25, 0.3) is 15.9 Å². The van der Waals surface area contributed by atoms with Crippen molar-refractivity contribution in [1.82, 2.24) is 5.43 Å². The number of sulfonamides is 1. The Morgan fingerprint density at radius 2 is 1.58 bits per heavy atom. The lowest BCUT2D eigenvalue weighted by Gasteiger charge is -2.23. The lowest BCUT2D eigenvalue weighted by atomic mass is 10.2. The largest absolute Gasteiger partial charge is 0.271 e. The van der Waals surface area contributed by atoms with Crippen LogP contribution >= 0.6 is 39.1 Å². The van der Waals surface area contributed by atoms with Gasteiger partial charge in [-0.15, -0.1) is 0 Å². The van der Waals surface area contributed by atoms with Gasteiger partial charge >= 0.3 is 0 Å². The van der Waals surface area contributed by atoms with Gasteiger partial charge in [0.05, 0.1) is 26.8 Å². The summed E-state index contributed by atoms with van der Waals surface area (Å²) in [6.07, 6.45) is 1.30. The number of carbonyl (C=O) groups excluding carboxylic acids is 1. The summed E-state index contributed by atoms with van der Waals surface area (Å²) in [4.78, 5) is 12.6. The van der Waals surface area contributed by atoms with Crippen molar-refractivity contribution < 1.29 is 13.2 Å². The molecule has 1 amide bonds. The number of nitrogens with one attached hydrogen (secondary N) is 1. The van der Waals surface area contributed by atoms with E-state index in [1.165, 1.54) is 18.3 Å². The molecule has 160 valence electrons. The van der Waals surface area contributed by atoms with Gasteiger partial charge in [-0.05, 0) is 48.5 Å². The van der Waals surface area contributed by atoms with Gasteiger partial charge in [-0.3, -0.25) is 9.10 Å². The fourth-order valence-corrected chi connectivity index (χ4v) is 4.81. The predicted octanol–water partition coefficient (Wildman–Crippen LogP) is 5.10. The first-order valence-electron chi connectivity index (χ1n) is 8.88.